The number of aliphatic carboxylic acids is 1. The second-order valence-electron chi connectivity index (χ2n) is 3.36. The summed E-state index contributed by atoms with van der Waals surface area (Å²) in [6, 6.07) is 6.09. The molecule has 3 nitrogen and oxygen atoms in total. The molecule has 0 spiro atoms. The summed E-state index contributed by atoms with van der Waals surface area (Å²) in [5.41, 5.74) is 0. The fourth-order valence-electron chi connectivity index (χ4n) is 1.58. The maximum Gasteiger partial charge on any atom is 0.303 e. The highest BCUT2D eigenvalue weighted by Gasteiger charge is 2.28. The smallest absolute Gasteiger partial charge is 0.303 e. The van der Waals surface area contributed by atoms with Crippen LogP contribution in [0.5, 0.6) is 0 Å². The predicted octanol–water partition coefficient (Wildman–Crippen LogP) is 1.31. The molecule has 74 valence electrons. The van der Waals surface area contributed by atoms with Gasteiger partial charge in [-0.1, -0.05) is 0 Å². The first kappa shape index (κ1) is 9.52. The molecule has 0 radical (unpaired) electrons. The molecule has 1 aromatic rings. The van der Waals surface area contributed by atoms with E-state index in [1.807, 2.05) is 18.3 Å². The maximum atomic E-state index is 10.4. The molecule has 0 bridgehead atoms. The van der Waals surface area contributed by atoms with Gasteiger partial charge in [-0.25, -0.2) is 0 Å². The minimum atomic E-state index is -0.702. The van der Waals surface area contributed by atoms with Gasteiger partial charge in [0, 0.05) is 18.6 Å². The molecular formula is C10H12NO2S+. The normalized spacial score (nSPS) is 19.3. The third kappa shape index (κ3) is 2.07. The van der Waals surface area contributed by atoms with Crippen molar-refractivity contribution in [2.75, 3.05) is 0 Å². The van der Waals surface area contributed by atoms with Crippen LogP contribution in [0.15, 0.2) is 29.4 Å². The van der Waals surface area contributed by atoms with E-state index in [1.54, 1.807) is 11.8 Å². The van der Waals surface area contributed by atoms with Crippen LogP contribution in [-0.4, -0.2) is 16.3 Å². The zero-order valence-electron chi connectivity index (χ0n) is 7.72. The lowest BCUT2D eigenvalue weighted by Gasteiger charge is -1.99. The van der Waals surface area contributed by atoms with Crippen molar-refractivity contribution in [2.24, 2.45) is 0 Å². The Labute approximate surface area is 86.8 Å². The monoisotopic (exact) mass is 210 g/mol. The lowest BCUT2D eigenvalue weighted by atomic mass is 10.2. The Kier molecular flexibility index (Phi) is 2.72. The Morgan fingerprint density at radius 2 is 2.50 bits per heavy atom. The van der Waals surface area contributed by atoms with E-state index in [0.29, 0.717) is 5.25 Å². The van der Waals surface area contributed by atoms with Crippen molar-refractivity contribution in [1.82, 2.24) is 0 Å². The third-order valence-corrected chi connectivity index (χ3v) is 3.60. The minimum Gasteiger partial charge on any atom is -0.481 e. The van der Waals surface area contributed by atoms with E-state index in [9.17, 15) is 4.79 Å². The lowest BCUT2D eigenvalue weighted by Crippen LogP contribution is -2.33. The van der Waals surface area contributed by atoms with Gasteiger partial charge >= 0.3 is 5.97 Å². The second kappa shape index (κ2) is 4.00. The fourth-order valence-corrected chi connectivity index (χ4v) is 2.82. The van der Waals surface area contributed by atoms with Crippen molar-refractivity contribution in [1.29, 1.82) is 0 Å². The number of hydrogen-bond donors (Lipinski definition) is 1. The zero-order chi connectivity index (χ0) is 9.97. The van der Waals surface area contributed by atoms with Crippen LogP contribution >= 0.6 is 11.8 Å². The molecule has 0 saturated carbocycles. The van der Waals surface area contributed by atoms with E-state index in [-0.39, 0.29) is 6.42 Å². The first-order valence-electron chi connectivity index (χ1n) is 4.62. The SMILES string of the molecule is O=C(O)CCC1C[n+]2ccccc2S1. The summed E-state index contributed by atoms with van der Waals surface area (Å²) < 4.78 is 2.18. The topological polar surface area (TPSA) is 41.2 Å². The van der Waals surface area contributed by atoms with Gasteiger partial charge in [-0.05, 0) is 24.2 Å². The fraction of sp³-hybridized carbons (Fsp3) is 0.400. The summed E-state index contributed by atoms with van der Waals surface area (Å²) in [6.07, 6.45) is 3.07. The largest absolute Gasteiger partial charge is 0.481 e. The first-order valence-corrected chi connectivity index (χ1v) is 5.50. The van der Waals surface area contributed by atoms with Crippen LogP contribution in [0.1, 0.15) is 12.8 Å². The molecule has 0 amide bonds. The number of hydrogen-bond acceptors (Lipinski definition) is 2. The Morgan fingerprint density at radius 3 is 3.21 bits per heavy atom. The van der Waals surface area contributed by atoms with Crippen LogP contribution in [0, 0.1) is 0 Å². The summed E-state index contributed by atoms with van der Waals surface area (Å²) >= 11 is 1.78. The molecule has 1 N–H and O–H groups in total. The number of fused-ring (bicyclic) bond motifs is 1. The van der Waals surface area contributed by atoms with E-state index in [2.05, 4.69) is 10.6 Å². The molecule has 0 saturated heterocycles. The standard InChI is InChI=1S/C10H11NO2S/c12-10(13)5-4-8-7-11-6-2-1-3-9(11)14-8/h1-3,6,8H,4-5,7H2/p+1. The Hall–Kier alpha value is -1.03. The van der Waals surface area contributed by atoms with Crippen molar-refractivity contribution >= 4 is 17.7 Å². The number of rotatable bonds is 3. The van der Waals surface area contributed by atoms with E-state index in [4.69, 9.17) is 5.11 Å². The van der Waals surface area contributed by atoms with E-state index in [0.717, 1.165) is 13.0 Å². The predicted molar refractivity (Wildman–Crippen MR) is 53.2 cm³/mol. The molecular weight excluding hydrogens is 198 g/mol. The average Bonchev–Trinajstić information content (AvgIpc) is 2.57. The van der Waals surface area contributed by atoms with Gasteiger partial charge in [0.05, 0.1) is 5.25 Å². The molecule has 0 fully saturated rings. The molecule has 1 aliphatic heterocycles. The van der Waals surface area contributed by atoms with Crippen LogP contribution in [-0.2, 0) is 11.3 Å². The number of pyridine rings is 1. The van der Waals surface area contributed by atoms with Crippen LogP contribution in [0.2, 0.25) is 0 Å². The highest BCUT2D eigenvalue weighted by molar-refractivity contribution is 7.99. The Bertz CT molecular complexity index is 329. The van der Waals surface area contributed by atoms with Gasteiger partial charge in [0.25, 0.3) is 0 Å². The molecule has 0 aliphatic carbocycles. The Morgan fingerprint density at radius 1 is 1.64 bits per heavy atom. The Balaban J connectivity index is 1.95. The average molecular weight is 210 g/mol. The van der Waals surface area contributed by atoms with Crippen LogP contribution in [0.25, 0.3) is 0 Å². The summed E-state index contributed by atoms with van der Waals surface area (Å²) in [5.74, 6) is -0.702. The number of nitrogens with zero attached hydrogens (tertiary/aromatic N) is 1. The summed E-state index contributed by atoms with van der Waals surface area (Å²) in [6.45, 7) is 0.939. The summed E-state index contributed by atoms with van der Waals surface area (Å²) in [7, 11) is 0. The number of aromatic nitrogens is 1. The highest BCUT2D eigenvalue weighted by atomic mass is 32.2. The quantitative estimate of drug-likeness (QED) is 0.765. The number of carboxylic acid groups (broad SMARTS) is 1. The number of thioether (sulfide) groups is 1. The maximum absolute atomic E-state index is 10.4. The van der Waals surface area contributed by atoms with Gasteiger partial charge in [-0.2, -0.15) is 4.57 Å². The van der Waals surface area contributed by atoms with Crippen molar-refractivity contribution in [2.45, 2.75) is 29.7 Å². The van der Waals surface area contributed by atoms with E-state index < -0.39 is 5.97 Å². The molecule has 14 heavy (non-hydrogen) atoms. The summed E-state index contributed by atoms with van der Waals surface area (Å²) in [4.78, 5) is 10.4. The van der Waals surface area contributed by atoms with Crippen molar-refractivity contribution in [3.05, 3.63) is 24.4 Å². The highest BCUT2D eigenvalue weighted by Crippen LogP contribution is 2.28. The van der Waals surface area contributed by atoms with Gasteiger partial charge in [-0.3, -0.25) is 4.79 Å². The van der Waals surface area contributed by atoms with Crippen LogP contribution in [0.3, 0.4) is 0 Å². The summed E-state index contributed by atoms with van der Waals surface area (Å²) in [5, 5.41) is 10.2. The van der Waals surface area contributed by atoms with Gasteiger partial charge in [0.2, 0.25) is 5.03 Å². The van der Waals surface area contributed by atoms with E-state index in [1.165, 1.54) is 5.03 Å². The minimum absolute atomic E-state index is 0.270. The van der Waals surface area contributed by atoms with E-state index >= 15 is 0 Å². The molecule has 4 heteroatoms. The van der Waals surface area contributed by atoms with Crippen molar-refractivity contribution in [3.8, 4) is 0 Å². The van der Waals surface area contributed by atoms with Crippen LogP contribution in [0.4, 0.5) is 0 Å². The van der Waals surface area contributed by atoms with Crippen molar-refractivity contribution in [3.63, 3.8) is 0 Å². The van der Waals surface area contributed by atoms with Gasteiger partial charge in [0.1, 0.15) is 0 Å². The number of carbonyl (C=O) groups is 1. The molecule has 1 aliphatic rings. The zero-order valence-corrected chi connectivity index (χ0v) is 8.54. The van der Waals surface area contributed by atoms with Crippen molar-refractivity contribution < 1.29 is 14.5 Å². The molecule has 2 rings (SSSR count). The van der Waals surface area contributed by atoms with Gasteiger partial charge in [0.15, 0.2) is 12.7 Å². The molecule has 1 atom stereocenters. The molecule has 1 aromatic heterocycles. The van der Waals surface area contributed by atoms with Crippen LogP contribution < -0.4 is 4.57 Å². The third-order valence-electron chi connectivity index (χ3n) is 2.27. The number of carboxylic acids is 1. The molecule has 2 heterocycles. The first-order chi connectivity index (χ1) is 6.75. The van der Waals surface area contributed by atoms with Gasteiger partial charge < -0.3 is 5.11 Å². The van der Waals surface area contributed by atoms with Gasteiger partial charge in [-0.15, -0.1) is 0 Å². The second-order valence-corrected chi connectivity index (χ2v) is 4.68. The molecule has 0 aromatic carbocycles. The molecule has 1 unspecified atom stereocenters. The lowest BCUT2D eigenvalue weighted by molar-refractivity contribution is -0.726.